The van der Waals surface area contributed by atoms with Crippen LogP contribution in [0.2, 0.25) is 0 Å². The molecule has 1 aliphatic rings. The third kappa shape index (κ3) is 4.59. The number of amides is 1. The first-order valence-electron chi connectivity index (χ1n) is 9.76. The number of hydrogen-bond donors (Lipinski definition) is 1. The van der Waals surface area contributed by atoms with Crippen molar-refractivity contribution >= 4 is 50.6 Å². The van der Waals surface area contributed by atoms with Crippen LogP contribution in [0.4, 0.5) is 5.69 Å². The van der Waals surface area contributed by atoms with Crippen molar-refractivity contribution in [2.45, 2.75) is 44.8 Å². The van der Waals surface area contributed by atoms with Crippen LogP contribution in [0.1, 0.15) is 30.7 Å². The third-order valence-corrected chi connectivity index (χ3v) is 7.68. The van der Waals surface area contributed by atoms with Crippen molar-refractivity contribution in [3.05, 3.63) is 44.6 Å². The molecular weight excluding hydrogens is 468 g/mol. The number of nitrogens with one attached hydrogen (secondary N) is 1. The summed E-state index contributed by atoms with van der Waals surface area (Å²) in [7, 11) is 0. The second-order valence-electron chi connectivity index (χ2n) is 7.29. The van der Waals surface area contributed by atoms with Gasteiger partial charge in [0.2, 0.25) is 5.91 Å². The molecule has 0 saturated heterocycles. The van der Waals surface area contributed by atoms with Crippen molar-refractivity contribution in [3.8, 4) is 11.4 Å². The summed E-state index contributed by atoms with van der Waals surface area (Å²) >= 11 is 6.67. The number of halogens is 1. The highest BCUT2D eigenvalue weighted by molar-refractivity contribution is 9.10. The Morgan fingerprint density at radius 3 is 2.90 bits per heavy atom. The molecule has 0 spiro atoms. The quantitative estimate of drug-likeness (QED) is 0.453. The molecule has 8 heteroatoms. The zero-order valence-corrected chi connectivity index (χ0v) is 19.7. The molecule has 4 rings (SSSR count). The molecule has 2 heterocycles. The van der Waals surface area contributed by atoms with Crippen molar-refractivity contribution in [2.75, 3.05) is 11.1 Å². The van der Waals surface area contributed by atoms with Crippen LogP contribution in [0.25, 0.3) is 11.4 Å². The monoisotopic (exact) mass is 490 g/mol. The molecule has 0 aliphatic heterocycles. The zero-order valence-electron chi connectivity index (χ0n) is 16.4. The molecule has 1 N–H and O–H groups in total. The number of nitrogens with zero attached hydrogens (tertiary/aromatic N) is 3. The fraction of sp³-hybridized carbons (Fsp3) is 0.381. The molecule has 0 radical (unpaired) electrons. The molecule has 0 fully saturated rings. The van der Waals surface area contributed by atoms with E-state index in [4.69, 9.17) is 0 Å². The molecular formula is C21H23BrN4OS2. The lowest BCUT2D eigenvalue weighted by molar-refractivity contribution is -0.113. The summed E-state index contributed by atoms with van der Waals surface area (Å²) in [4.78, 5) is 13.8. The van der Waals surface area contributed by atoms with Crippen LogP contribution in [-0.2, 0) is 24.2 Å². The van der Waals surface area contributed by atoms with E-state index in [9.17, 15) is 4.79 Å². The van der Waals surface area contributed by atoms with Gasteiger partial charge in [-0.05, 0) is 61.9 Å². The largest absolute Gasteiger partial charge is 0.325 e. The molecule has 1 atom stereocenters. The van der Waals surface area contributed by atoms with Gasteiger partial charge in [0.1, 0.15) is 0 Å². The molecule has 0 saturated carbocycles. The fourth-order valence-corrected chi connectivity index (χ4v) is 5.91. The van der Waals surface area contributed by atoms with E-state index in [2.05, 4.69) is 55.2 Å². The topological polar surface area (TPSA) is 59.8 Å². The average Bonchev–Trinajstić information content (AvgIpc) is 3.30. The standard InChI is InChI=1S/C21H23BrN4OS2/c1-3-26-20(17-11-28-18-10-13(2)4-9-16(17)18)24-25-21(26)29-12-19(27)23-15-7-5-14(22)6-8-15/h5-8,11,13H,3-4,9-10,12H2,1-2H3,(H,23,27). The summed E-state index contributed by atoms with van der Waals surface area (Å²) in [5.74, 6) is 1.93. The van der Waals surface area contributed by atoms with Gasteiger partial charge in [0.25, 0.3) is 0 Å². The number of hydrogen-bond acceptors (Lipinski definition) is 5. The minimum Gasteiger partial charge on any atom is -0.325 e. The van der Waals surface area contributed by atoms with Crippen LogP contribution in [0.15, 0.2) is 39.3 Å². The Morgan fingerprint density at radius 1 is 1.34 bits per heavy atom. The predicted octanol–water partition coefficient (Wildman–Crippen LogP) is 5.64. The average molecular weight is 491 g/mol. The van der Waals surface area contributed by atoms with E-state index in [0.717, 1.165) is 46.4 Å². The van der Waals surface area contributed by atoms with Gasteiger partial charge >= 0.3 is 0 Å². The Kier molecular flexibility index (Phi) is 6.41. The zero-order chi connectivity index (χ0) is 20.4. The molecule has 1 aromatic carbocycles. The van der Waals surface area contributed by atoms with E-state index in [0.29, 0.717) is 5.75 Å². The van der Waals surface area contributed by atoms with Crippen LogP contribution in [0.3, 0.4) is 0 Å². The number of fused-ring (bicyclic) bond motifs is 1. The summed E-state index contributed by atoms with van der Waals surface area (Å²) in [6.45, 7) is 5.20. The van der Waals surface area contributed by atoms with Crippen LogP contribution in [0.5, 0.6) is 0 Å². The molecule has 2 aromatic heterocycles. The SMILES string of the molecule is CCn1c(SCC(=O)Nc2ccc(Br)cc2)nnc1-c1csc2c1CCC(C)C2. The third-order valence-electron chi connectivity index (χ3n) is 5.14. The fourth-order valence-electron chi connectivity index (χ4n) is 3.61. The highest BCUT2D eigenvalue weighted by Crippen LogP contribution is 2.38. The van der Waals surface area contributed by atoms with Crippen LogP contribution < -0.4 is 5.32 Å². The number of thiophene rings is 1. The second kappa shape index (κ2) is 9.02. The van der Waals surface area contributed by atoms with Crippen molar-refractivity contribution in [2.24, 2.45) is 5.92 Å². The number of rotatable bonds is 6. The Hall–Kier alpha value is -1.64. The van der Waals surface area contributed by atoms with Gasteiger partial charge in [-0.3, -0.25) is 4.79 Å². The molecule has 5 nitrogen and oxygen atoms in total. The van der Waals surface area contributed by atoms with Gasteiger partial charge in [-0.1, -0.05) is 34.6 Å². The highest BCUT2D eigenvalue weighted by atomic mass is 79.9. The molecule has 1 aliphatic carbocycles. The van der Waals surface area contributed by atoms with Gasteiger partial charge in [0, 0.05) is 32.5 Å². The van der Waals surface area contributed by atoms with Gasteiger partial charge in [0.05, 0.1) is 5.75 Å². The summed E-state index contributed by atoms with van der Waals surface area (Å²) in [5, 5.41) is 14.8. The minimum absolute atomic E-state index is 0.0496. The first kappa shape index (κ1) is 20.6. The Bertz CT molecular complexity index is 1010. The molecule has 152 valence electrons. The molecule has 29 heavy (non-hydrogen) atoms. The van der Waals surface area contributed by atoms with E-state index in [1.165, 1.54) is 34.2 Å². The van der Waals surface area contributed by atoms with Gasteiger partial charge in [-0.25, -0.2) is 0 Å². The lowest BCUT2D eigenvalue weighted by Gasteiger charge is -2.19. The molecule has 1 unspecified atom stereocenters. The Morgan fingerprint density at radius 2 is 2.14 bits per heavy atom. The normalized spacial score (nSPS) is 15.9. The van der Waals surface area contributed by atoms with Crippen LogP contribution in [0, 0.1) is 5.92 Å². The number of carbonyl (C=O) groups excluding carboxylic acids is 1. The summed E-state index contributed by atoms with van der Waals surface area (Å²) < 4.78 is 3.11. The van der Waals surface area contributed by atoms with E-state index < -0.39 is 0 Å². The van der Waals surface area contributed by atoms with Crippen molar-refractivity contribution < 1.29 is 4.79 Å². The maximum atomic E-state index is 12.3. The number of carbonyl (C=O) groups is 1. The second-order valence-corrected chi connectivity index (χ2v) is 10.1. The van der Waals surface area contributed by atoms with E-state index >= 15 is 0 Å². The minimum atomic E-state index is -0.0496. The highest BCUT2D eigenvalue weighted by Gasteiger charge is 2.24. The maximum Gasteiger partial charge on any atom is 0.234 e. The van der Waals surface area contributed by atoms with E-state index in [1.807, 2.05) is 35.6 Å². The van der Waals surface area contributed by atoms with Gasteiger partial charge < -0.3 is 9.88 Å². The van der Waals surface area contributed by atoms with E-state index in [-0.39, 0.29) is 5.91 Å². The number of aromatic nitrogens is 3. The van der Waals surface area contributed by atoms with Crippen LogP contribution in [-0.4, -0.2) is 26.4 Å². The van der Waals surface area contributed by atoms with E-state index in [1.54, 1.807) is 0 Å². The summed E-state index contributed by atoms with van der Waals surface area (Å²) in [6.07, 6.45) is 3.51. The van der Waals surface area contributed by atoms with Gasteiger partial charge in [-0.2, -0.15) is 0 Å². The number of benzene rings is 1. The first-order chi connectivity index (χ1) is 14.0. The molecule has 3 aromatic rings. The van der Waals surface area contributed by atoms with Crippen molar-refractivity contribution in [1.82, 2.24) is 14.8 Å². The summed E-state index contributed by atoms with van der Waals surface area (Å²) in [5.41, 5.74) is 3.45. The predicted molar refractivity (Wildman–Crippen MR) is 124 cm³/mol. The molecule has 1 amide bonds. The van der Waals surface area contributed by atoms with Crippen LogP contribution >= 0.6 is 39.0 Å². The molecule has 0 bridgehead atoms. The number of thioether (sulfide) groups is 1. The Balaban J connectivity index is 1.47. The first-order valence-corrected chi connectivity index (χ1v) is 12.4. The maximum absolute atomic E-state index is 12.3. The van der Waals surface area contributed by atoms with Gasteiger partial charge in [0.15, 0.2) is 11.0 Å². The lowest BCUT2D eigenvalue weighted by Crippen LogP contribution is -2.14. The lowest BCUT2D eigenvalue weighted by atomic mass is 9.88. The van der Waals surface area contributed by atoms with Gasteiger partial charge in [-0.15, -0.1) is 21.5 Å². The summed E-state index contributed by atoms with van der Waals surface area (Å²) in [6, 6.07) is 7.57. The smallest absolute Gasteiger partial charge is 0.234 e. The Labute approximate surface area is 187 Å². The van der Waals surface area contributed by atoms with Crippen molar-refractivity contribution in [3.63, 3.8) is 0 Å². The van der Waals surface area contributed by atoms with Crippen molar-refractivity contribution in [1.29, 1.82) is 0 Å². The number of anilines is 1.